The highest BCUT2D eigenvalue weighted by molar-refractivity contribution is 9.10. The molecule has 0 atom stereocenters. The van der Waals surface area contributed by atoms with Crippen molar-refractivity contribution in [3.8, 4) is 0 Å². The molecular formula is C14H14BrFN2O3S2. The van der Waals surface area contributed by atoms with Crippen molar-refractivity contribution in [2.75, 3.05) is 0 Å². The molecule has 0 bridgehead atoms. The summed E-state index contributed by atoms with van der Waals surface area (Å²) in [5.41, 5.74) is 0.518. The van der Waals surface area contributed by atoms with Crippen LogP contribution in [0, 0.1) is 5.82 Å². The van der Waals surface area contributed by atoms with Crippen molar-refractivity contribution >= 4 is 43.2 Å². The van der Waals surface area contributed by atoms with Crippen LogP contribution in [0.4, 0.5) is 4.39 Å². The topological polar surface area (TPSA) is 75.3 Å². The highest BCUT2D eigenvalue weighted by Crippen LogP contribution is 2.22. The molecule has 1 amide bonds. The van der Waals surface area contributed by atoms with Crippen LogP contribution >= 0.6 is 27.3 Å². The van der Waals surface area contributed by atoms with Gasteiger partial charge < -0.3 is 5.32 Å². The monoisotopic (exact) mass is 420 g/mol. The van der Waals surface area contributed by atoms with Crippen molar-refractivity contribution in [2.45, 2.75) is 24.2 Å². The van der Waals surface area contributed by atoms with Gasteiger partial charge in [-0.15, -0.1) is 11.3 Å². The molecular weight excluding hydrogens is 407 g/mol. The Morgan fingerprint density at radius 1 is 1.26 bits per heavy atom. The van der Waals surface area contributed by atoms with Crippen LogP contribution < -0.4 is 10.0 Å². The summed E-state index contributed by atoms with van der Waals surface area (Å²) >= 11 is 4.12. The van der Waals surface area contributed by atoms with Gasteiger partial charge in [0.25, 0.3) is 0 Å². The van der Waals surface area contributed by atoms with Crippen molar-refractivity contribution < 1.29 is 17.6 Å². The molecule has 1 aromatic heterocycles. The van der Waals surface area contributed by atoms with E-state index in [2.05, 4.69) is 26.0 Å². The number of rotatable bonds is 6. The lowest BCUT2D eigenvalue weighted by Crippen LogP contribution is -2.22. The van der Waals surface area contributed by atoms with E-state index in [1.54, 1.807) is 12.1 Å². The number of carbonyl (C=O) groups excluding carboxylic acids is 1. The molecule has 23 heavy (non-hydrogen) atoms. The molecule has 124 valence electrons. The summed E-state index contributed by atoms with van der Waals surface area (Å²) in [6.45, 7) is 1.67. The van der Waals surface area contributed by atoms with E-state index >= 15 is 0 Å². The Balaban J connectivity index is 2.03. The molecule has 0 saturated carbocycles. The summed E-state index contributed by atoms with van der Waals surface area (Å²) < 4.78 is 40.8. The molecule has 2 aromatic rings. The van der Waals surface area contributed by atoms with E-state index in [1.807, 2.05) is 0 Å². The summed E-state index contributed by atoms with van der Waals surface area (Å²) in [5.74, 6) is -0.631. The Hall–Kier alpha value is -1.29. The van der Waals surface area contributed by atoms with Crippen LogP contribution in [0.15, 0.2) is 39.0 Å². The van der Waals surface area contributed by atoms with Crippen LogP contribution in [0.3, 0.4) is 0 Å². The second kappa shape index (κ2) is 7.52. The Labute approximate surface area is 146 Å². The highest BCUT2D eigenvalue weighted by atomic mass is 79.9. The van der Waals surface area contributed by atoms with E-state index in [9.17, 15) is 17.6 Å². The zero-order valence-corrected chi connectivity index (χ0v) is 15.3. The first-order valence-corrected chi connectivity index (χ1v) is 9.64. The van der Waals surface area contributed by atoms with Crippen LogP contribution in [-0.2, 0) is 27.9 Å². The fourth-order valence-corrected chi connectivity index (χ4v) is 4.31. The van der Waals surface area contributed by atoms with Crippen LogP contribution in [0.1, 0.15) is 17.4 Å². The number of hydrogen-bond acceptors (Lipinski definition) is 4. The minimum absolute atomic E-state index is 0.00847. The van der Waals surface area contributed by atoms with Gasteiger partial charge in [-0.1, -0.05) is 6.07 Å². The molecule has 2 N–H and O–H groups in total. The van der Waals surface area contributed by atoms with Crippen LogP contribution in [0.2, 0.25) is 0 Å². The Morgan fingerprint density at radius 3 is 2.65 bits per heavy atom. The van der Waals surface area contributed by atoms with Gasteiger partial charge in [-0.05, 0) is 45.8 Å². The summed E-state index contributed by atoms with van der Waals surface area (Å²) in [4.78, 5) is 11.6. The van der Waals surface area contributed by atoms with E-state index < -0.39 is 15.8 Å². The summed E-state index contributed by atoms with van der Waals surface area (Å²) in [6.07, 6.45) is 0. The Kier molecular flexibility index (Phi) is 5.90. The molecule has 1 heterocycles. The maximum atomic E-state index is 13.4. The van der Waals surface area contributed by atoms with Gasteiger partial charge in [-0.25, -0.2) is 17.5 Å². The average molecular weight is 421 g/mol. The number of hydrogen-bond donors (Lipinski definition) is 2. The van der Waals surface area contributed by atoms with E-state index in [0.717, 1.165) is 16.2 Å². The van der Waals surface area contributed by atoms with Crippen molar-refractivity contribution in [1.82, 2.24) is 10.0 Å². The third-order valence-electron chi connectivity index (χ3n) is 2.86. The number of halogens is 2. The average Bonchev–Trinajstić information content (AvgIpc) is 2.96. The fraction of sp³-hybridized carbons (Fsp3) is 0.214. The van der Waals surface area contributed by atoms with Gasteiger partial charge in [0.15, 0.2) is 0 Å². The number of benzene rings is 1. The molecule has 0 spiro atoms. The first kappa shape index (κ1) is 18.1. The predicted molar refractivity (Wildman–Crippen MR) is 90.0 cm³/mol. The minimum Gasteiger partial charge on any atom is -0.351 e. The van der Waals surface area contributed by atoms with Crippen molar-refractivity contribution in [2.24, 2.45) is 0 Å². The summed E-state index contributed by atoms with van der Waals surface area (Å²) in [6, 6.07) is 7.55. The maximum Gasteiger partial charge on any atom is 0.250 e. The molecule has 9 heteroatoms. The zero-order valence-electron chi connectivity index (χ0n) is 12.1. The lowest BCUT2D eigenvalue weighted by molar-refractivity contribution is -0.119. The molecule has 0 fully saturated rings. The van der Waals surface area contributed by atoms with Gasteiger partial charge >= 0.3 is 0 Å². The van der Waals surface area contributed by atoms with Gasteiger partial charge in [0.1, 0.15) is 10.0 Å². The van der Waals surface area contributed by atoms with E-state index in [4.69, 9.17) is 0 Å². The molecule has 0 saturated heterocycles. The van der Waals surface area contributed by atoms with E-state index in [-0.39, 0.29) is 23.2 Å². The lowest BCUT2D eigenvalue weighted by atomic mass is 10.2. The molecule has 0 aliphatic heterocycles. The number of amides is 1. The highest BCUT2D eigenvalue weighted by Gasteiger charge is 2.17. The van der Waals surface area contributed by atoms with Crippen LogP contribution in [-0.4, -0.2) is 14.3 Å². The quantitative estimate of drug-likeness (QED) is 0.754. The van der Waals surface area contributed by atoms with Crippen molar-refractivity contribution in [3.63, 3.8) is 0 Å². The molecule has 5 nitrogen and oxygen atoms in total. The first-order valence-electron chi connectivity index (χ1n) is 6.54. The lowest BCUT2D eigenvalue weighted by Gasteiger charge is -2.06. The predicted octanol–water partition coefficient (Wildman–Crippen LogP) is 2.76. The van der Waals surface area contributed by atoms with Crippen molar-refractivity contribution in [3.05, 3.63) is 51.1 Å². The maximum absolute atomic E-state index is 13.4. The molecule has 0 aliphatic carbocycles. The SMILES string of the molecule is CC(=O)NCc1ccc(S(=O)(=O)NCc2ccc(Br)c(F)c2)s1. The Morgan fingerprint density at radius 2 is 2.00 bits per heavy atom. The van der Waals surface area contributed by atoms with Gasteiger partial charge in [-0.3, -0.25) is 4.79 Å². The van der Waals surface area contributed by atoms with Gasteiger partial charge in [0, 0.05) is 18.3 Å². The molecule has 0 radical (unpaired) electrons. The first-order chi connectivity index (χ1) is 10.8. The standard InChI is InChI=1S/C14H14BrFN2O3S2/c1-9(19)17-8-11-3-5-14(22-11)23(20,21)18-7-10-2-4-12(15)13(16)6-10/h2-6,18H,7-8H2,1H3,(H,17,19). The second-order valence-corrected chi connectivity index (χ2v) is 8.72. The zero-order chi connectivity index (χ0) is 17.0. The third kappa shape index (κ3) is 5.10. The van der Waals surface area contributed by atoms with Gasteiger partial charge in [-0.2, -0.15) is 0 Å². The third-order valence-corrected chi connectivity index (χ3v) is 6.49. The normalized spacial score (nSPS) is 11.4. The molecule has 0 unspecified atom stereocenters. The van der Waals surface area contributed by atoms with Gasteiger partial charge in [0.2, 0.25) is 15.9 Å². The number of carbonyl (C=O) groups is 1. The second-order valence-electron chi connectivity index (χ2n) is 4.70. The smallest absolute Gasteiger partial charge is 0.250 e. The minimum atomic E-state index is -3.68. The van der Waals surface area contributed by atoms with E-state index in [1.165, 1.54) is 25.1 Å². The van der Waals surface area contributed by atoms with Crippen LogP contribution in [0.25, 0.3) is 0 Å². The van der Waals surface area contributed by atoms with Crippen molar-refractivity contribution in [1.29, 1.82) is 0 Å². The molecule has 1 aromatic carbocycles. The number of sulfonamides is 1. The number of nitrogens with one attached hydrogen (secondary N) is 2. The largest absolute Gasteiger partial charge is 0.351 e. The molecule has 2 rings (SSSR count). The van der Waals surface area contributed by atoms with E-state index in [0.29, 0.717) is 10.0 Å². The number of thiophene rings is 1. The van der Waals surface area contributed by atoms with Crippen LogP contribution in [0.5, 0.6) is 0 Å². The fourth-order valence-electron chi connectivity index (χ4n) is 1.71. The summed E-state index contributed by atoms with van der Waals surface area (Å²) in [5, 5.41) is 2.61. The summed E-state index contributed by atoms with van der Waals surface area (Å²) in [7, 11) is -3.68. The molecule has 0 aliphatic rings. The van der Waals surface area contributed by atoms with Gasteiger partial charge in [0.05, 0.1) is 11.0 Å². The Bertz CT molecular complexity index is 821.